The van der Waals surface area contributed by atoms with Crippen molar-refractivity contribution in [2.45, 2.75) is 17.7 Å². The summed E-state index contributed by atoms with van der Waals surface area (Å²) in [5.41, 5.74) is 0.748. The minimum absolute atomic E-state index is 0.000961. The zero-order valence-corrected chi connectivity index (χ0v) is 15.2. The number of hydrogen-bond acceptors (Lipinski definition) is 7. The second-order valence-corrected chi connectivity index (χ2v) is 7.97. The minimum Gasteiger partial charge on any atom is -0.355 e. The second kappa shape index (κ2) is 7.77. The van der Waals surface area contributed by atoms with E-state index in [1.165, 1.54) is 30.3 Å². The Morgan fingerprint density at radius 3 is 2.69 bits per heavy atom. The largest absolute Gasteiger partial charge is 0.355 e. The molecule has 26 heavy (non-hydrogen) atoms. The summed E-state index contributed by atoms with van der Waals surface area (Å²) in [5, 5.41) is 14.5. The standard InChI is InChI=1S/C16H16N4O4S2/c17-26(22,23)12-5-3-11(4-6-12)14-10-13(20-24-14)16(21)19-7-1-2-15-18-8-9-25-15/h3-6,8-10H,1-2,7H2,(H,19,21)(H2,17,22,23). The van der Waals surface area contributed by atoms with Crippen LogP contribution in [0, 0.1) is 0 Å². The minimum atomic E-state index is -3.75. The van der Waals surface area contributed by atoms with Gasteiger partial charge in [-0.05, 0) is 30.7 Å². The van der Waals surface area contributed by atoms with E-state index in [2.05, 4.69) is 15.5 Å². The summed E-state index contributed by atoms with van der Waals surface area (Å²) in [6, 6.07) is 7.31. The van der Waals surface area contributed by atoms with Crippen LogP contribution in [0.25, 0.3) is 11.3 Å². The number of carbonyl (C=O) groups is 1. The number of nitrogens with two attached hydrogens (primary N) is 1. The number of primary sulfonamides is 1. The number of rotatable bonds is 7. The number of hydrogen-bond donors (Lipinski definition) is 2. The van der Waals surface area contributed by atoms with Crippen LogP contribution in [-0.4, -0.2) is 31.0 Å². The monoisotopic (exact) mass is 392 g/mol. The Morgan fingerprint density at radius 2 is 2.04 bits per heavy atom. The van der Waals surface area contributed by atoms with Crippen LogP contribution in [0.15, 0.2) is 51.3 Å². The quantitative estimate of drug-likeness (QED) is 0.590. The average molecular weight is 392 g/mol. The Kier molecular flexibility index (Phi) is 5.45. The van der Waals surface area contributed by atoms with E-state index in [1.54, 1.807) is 17.5 Å². The van der Waals surface area contributed by atoms with Crippen LogP contribution < -0.4 is 10.5 Å². The number of carbonyl (C=O) groups excluding carboxylic acids is 1. The van der Waals surface area contributed by atoms with Gasteiger partial charge in [-0.1, -0.05) is 5.16 Å². The highest BCUT2D eigenvalue weighted by atomic mass is 32.2. The number of benzene rings is 1. The molecule has 0 radical (unpaired) electrons. The Hall–Kier alpha value is -2.56. The molecule has 0 aliphatic heterocycles. The first kappa shape index (κ1) is 18.2. The molecule has 3 rings (SSSR count). The summed E-state index contributed by atoms with van der Waals surface area (Å²) in [4.78, 5) is 16.3. The summed E-state index contributed by atoms with van der Waals surface area (Å²) in [6.07, 6.45) is 3.34. The van der Waals surface area contributed by atoms with Crippen LogP contribution in [0.5, 0.6) is 0 Å². The number of sulfonamides is 1. The van der Waals surface area contributed by atoms with Crippen molar-refractivity contribution in [3.8, 4) is 11.3 Å². The molecule has 0 unspecified atom stereocenters. The maximum atomic E-state index is 12.1. The highest BCUT2D eigenvalue weighted by Crippen LogP contribution is 2.22. The molecule has 2 heterocycles. The fourth-order valence-electron chi connectivity index (χ4n) is 2.24. The first-order valence-electron chi connectivity index (χ1n) is 7.70. The van der Waals surface area contributed by atoms with Gasteiger partial charge >= 0.3 is 0 Å². The molecule has 1 aromatic carbocycles. The lowest BCUT2D eigenvalue weighted by Crippen LogP contribution is -2.25. The van der Waals surface area contributed by atoms with Gasteiger partial charge in [-0.3, -0.25) is 4.79 Å². The first-order chi connectivity index (χ1) is 12.4. The van der Waals surface area contributed by atoms with Crippen LogP contribution in [0.2, 0.25) is 0 Å². The fraction of sp³-hybridized carbons (Fsp3) is 0.188. The van der Waals surface area contributed by atoms with E-state index in [0.717, 1.165) is 17.8 Å². The highest BCUT2D eigenvalue weighted by Gasteiger charge is 2.14. The van der Waals surface area contributed by atoms with Crippen LogP contribution in [0.4, 0.5) is 0 Å². The third-order valence-corrected chi connectivity index (χ3v) is 5.32. The first-order valence-corrected chi connectivity index (χ1v) is 10.1. The van der Waals surface area contributed by atoms with Crippen molar-refractivity contribution in [2.75, 3.05) is 6.54 Å². The molecule has 10 heteroatoms. The van der Waals surface area contributed by atoms with Crippen molar-refractivity contribution in [3.05, 3.63) is 52.6 Å². The molecule has 1 amide bonds. The molecule has 0 saturated heterocycles. The van der Waals surface area contributed by atoms with Crippen LogP contribution >= 0.6 is 11.3 Å². The zero-order valence-electron chi connectivity index (χ0n) is 13.6. The number of nitrogens with zero attached hydrogens (tertiary/aromatic N) is 2. The number of thiazole rings is 1. The Labute approximate surface area is 154 Å². The molecule has 0 atom stereocenters. The number of nitrogens with one attached hydrogen (secondary N) is 1. The number of aromatic nitrogens is 2. The molecule has 0 bridgehead atoms. The van der Waals surface area contributed by atoms with E-state index in [9.17, 15) is 13.2 Å². The number of aryl methyl sites for hydroxylation is 1. The van der Waals surface area contributed by atoms with Crippen LogP contribution in [0.3, 0.4) is 0 Å². The van der Waals surface area contributed by atoms with Gasteiger partial charge in [0, 0.05) is 36.2 Å². The molecular weight excluding hydrogens is 376 g/mol. The van der Waals surface area contributed by atoms with Crippen LogP contribution in [-0.2, 0) is 16.4 Å². The van der Waals surface area contributed by atoms with Crippen molar-refractivity contribution >= 4 is 27.3 Å². The molecule has 8 nitrogen and oxygen atoms in total. The van der Waals surface area contributed by atoms with Crippen molar-refractivity contribution in [1.29, 1.82) is 0 Å². The Morgan fingerprint density at radius 1 is 1.27 bits per heavy atom. The SMILES string of the molecule is NS(=O)(=O)c1ccc(-c2cc(C(=O)NCCCc3nccs3)no2)cc1. The second-order valence-electron chi connectivity index (χ2n) is 5.43. The molecule has 0 aliphatic carbocycles. The molecule has 136 valence electrons. The molecule has 0 fully saturated rings. The van der Waals surface area contributed by atoms with Gasteiger partial charge in [-0.25, -0.2) is 18.5 Å². The van der Waals surface area contributed by atoms with E-state index in [1.807, 2.05) is 5.38 Å². The predicted molar refractivity (Wildman–Crippen MR) is 96.1 cm³/mol. The summed E-state index contributed by atoms with van der Waals surface area (Å²) in [6.45, 7) is 0.504. The van der Waals surface area contributed by atoms with Gasteiger partial charge in [-0.15, -0.1) is 11.3 Å². The summed E-state index contributed by atoms with van der Waals surface area (Å²) < 4.78 is 27.7. The molecule has 0 aliphatic rings. The van der Waals surface area contributed by atoms with E-state index in [0.29, 0.717) is 17.9 Å². The number of amides is 1. The summed E-state index contributed by atoms with van der Waals surface area (Å²) in [7, 11) is -3.75. The van der Waals surface area contributed by atoms with Crippen molar-refractivity contribution in [3.63, 3.8) is 0 Å². The maximum Gasteiger partial charge on any atom is 0.273 e. The van der Waals surface area contributed by atoms with Crippen molar-refractivity contribution in [2.24, 2.45) is 5.14 Å². The van der Waals surface area contributed by atoms with Crippen LogP contribution in [0.1, 0.15) is 21.9 Å². The van der Waals surface area contributed by atoms with Gasteiger partial charge in [0.2, 0.25) is 10.0 Å². The van der Waals surface area contributed by atoms with E-state index in [-0.39, 0.29) is 16.5 Å². The average Bonchev–Trinajstić information content (AvgIpc) is 3.29. The summed E-state index contributed by atoms with van der Waals surface area (Å²) in [5.74, 6) is 0.0270. The lowest BCUT2D eigenvalue weighted by molar-refractivity contribution is 0.0944. The van der Waals surface area contributed by atoms with Gasteiger partial charge < -0.3 is 9.84 Å². The zero-order chi connectivity index (χ0) is 18.6. The molecule has 0 saturated carbocycles. The third kappa shape index (κ3) is 4.54. The van der Waals surface area contributed by atoms with Crippen molar-refractivity contribution in [1.82, 2.24) is 15.5 Å². The van der Waals surface area contributed by atoms with E-state index >= 15 is 0 Å². The van der Waals surface area contributed by atoms with Gasteiger partial charge in [0.1, 0.15) is 0 Å². The van der Waals surface area contributed by atoms with Gasteiger partial charge in [-0.2, -0.15) is 0 Å². The molecule has 3 aromatic rings. The summed E-state index contributed by atoms with van der Waals surface area (Å²) >= 11 is 1.58. The predicted octanol–water partition coefficient (Wildman–Crippen LogP) is 1.81. The fourth-order valence-corrected chi connectivity index (χ4v) is 3.41. The molecule has 3 N–H and O–H groups in total. The Bertz CT molecular complexity index is 980. The van der Waals surface area contributed by atoms with Gasteiger partial charge in [0.25, 0.3) is 5.91 Å². The van der Waals surface area contributed by atoms with Gasteiger partial charge in [0.05, 0.1) is 9.90 Å². The molecule has 0 spiro atoms. The highest BCUT2D eigenvalue weighted by molar-refractivity contribution is 7.89. The third-order valence-electron chi connectivity index (χ3n) is 3.55. The van der Waals surface area contributed by atoms with Gasteiger partial charge in [0.15, 0.2) is 11.5 Å². The smallest absolute Gasteiger partial charge is 0.273 e. The topological polar surface area (TPSA) is 128 Å². The maximum absolute atomic E-state index is 12.1. The molecular formula is C16H16N4O4S2. The lowest BCUT2D eigenvalue weighted by atomic mass is 10.1. The Balaban J connectivity index is 1.57. The lowest BCUT2D eigenvalue weighted by Gasteiger charge is -2.01. The van der Waals surface area contributed by atoms with Crippen molar-refractivity contribution < 1.29 is 17.7 Å². The van der Waals surface area contributed by atoms with E-state index in [4.69, 9.17) is 9.66 Å². The normalized spacial score (nSPS) is 11.4. The molecule has 2 aromatic heterocycles. The van der Waals surface area contributed by atoms with E-state index < -0.39 is 10.0 Å².